The number of carbonyl (C=O) groups is 2. The van der Waals surface area contributed by atoms with E-state index in [1.807, 2.05) is 0 Å². The molecule has 0 aromatic heterocycles. The molecule has 0 saturated carbocycles. The molecule has 0 spiro atoms. The van der Waals surface area contributed by atoms with Gasteiger partial charge in [0.15, 0.2) is 0 Å². The summed E-state index contributed by atoms with van der Waals surface area (Å²) in [7, 11) is 0. The Balaban J connectivity index is -0.000000107. The normalized spacial score (nSPS) is 6.00. The third kappa shape index (κ3) is 47.9. The van der Waals surface area contributed by atoms with Gasteiger partial charge in [-0.05, 0) is 0 Å². The van der Waals surface area contributed by atoms with Crippen LogP contribution in [-0.4, -0.2) is 22.8 Å². The molecule has 9 heteroatoms. The number of hydrogen-bond donors (Lipinski definition) is 2. The van der Waals surface area contributed by atoms with Crippen LogP contribution >= 0.6 is 0 Å². The van der Waals surface area contributed by atoms with E-state index in [4.69, 9.17) is 30.3 Å². The fourth-order valence-corrected chi connectivity index (χ4v) is 0. The van der Waals surface area contributed by atoms with E-state index in [0.29, 0.717) is 0 Å². The third-order valence-corrected chi connectivity index (χ3v) is 0.149. The van der Waals surface area contributed by atoms with Crippen molar-refractivity contribution in [2.45, 2.75) is 0 Å². The monoisotopic (exact) mass is 218 g/mol. The number of hydrogen-bond acceptors (Lipinski definition) is 8. The van der Waals surface area contributed by atoms with E-state index in [-0.39, 0.29) is 19.5 Å². The van der Waals surface area contributed by atoms with Crippen molar-refractivity contribution in [2.75, 3.05) is 0 Å². The second-order valence-corrected chi connectivity index (χ2v) is 0.683. The van der Waals surface area contributed by atoms with Gasteiger partial charge in [0.2, 0.25) is 0 Å². The minimum atomic E-state index is -1.94. The first-order valence-electron chi connectivity index (χ1n) is 1.59. The van der Waals surface area contributed by atoms with Crippen LogP contribution in [0.1, 0.15) is 0 Å². The van der Waals surface area contributed by atoms with Gasteiger partial charge in [-0.25, -0.2) is 0 Å². The summed E-state index contributed by atoms with van der Waals surface area (Å²) in [6.07, 6.45) is -3.88. The van der Waals surface area contributed by atoms with Gasteiger partial charge < -0.3 is 29.6 Å². The summed E-state index contributed by atoms with van der Waals surface area (Å²) in [6, 6.07) is 0. The maximum Gasteiger partial charge on any atom is 2.00 e. The first-order valence-corrected chi connectivity index (χ1v) is 1.59. The van der Waals surface area contributed by atoms with Crippen molar-refractivity contribution in [2.24, 2.45) is 0 Å². The standard InChI is InChI=1S/2CH2O4.Zn/c2*2-1(3)5-4;/h2*4H,(H,2,3);/q;;+2/p-2. The quantitative estimate of drug-likeness (QED) is 0.262. The molecule has 0 atom stereocenters. The first kappa shape index (κ1) is 16.6. The molecule has 11 heavy (non-hydrogen) atoms. The number of carbonyl (C=O) groups excluding carboxylic acids is 2. The second kappa shape index (κ2) is 11.8. The van der Waals surface area contributed by atoms with Crippen LogP contribution in [0.3, 0.4) is 0 Å². The number of rotatable bonds is 0. The topological polar surface area (TPSA) is 139 Å². The van der Waals surface area contributed by atoms with Crippen molar-refractivity contribution in [3.63, 3.8) is 0 Å². The van der Waals surface area contributed by atoms with Gasteiger partial charge in [0.1, 0.15) is 0 Å². The second-order valence-electron chi connectivity index (χ2n) is 0.683. The molecule has 0 aliphatic heterocycles. The minimum Gasteiger partial charge on any atom is -0.424 e. The van der Waals surface area contributed by atoms with Crippen LogP contribution in [0.4, 0.5) is 9.59 Å². The third-order valence-electron chi connectivity index (χ3n) is 0.149. The van der Waals surface area contributed by atoms with Crippen LogP contribution in [0, 0.1) is 0 Å². The molecule has 0 fully saturated rings. The van der Waals surface area contributed by atoms with Gasteiger partial charge in [0, 0.05) is 0 Å². The van der Waals surface area contributed by atoms with Crippen molar-refractivity contribution in [1.82, 2.24) is 0 Å². The molecule has 0 radical (unpaired) electrons. The Labute approximate surface area is 72.6 Å². The molecular formula is C2H2O8Zn. The Morgan fingerprint density at radius 2 is 1.09 bits per heavy atom. The molecular weight excluding hydrogens is 217 g/mol. The van der Waals surface area contributed by atoms with Gasteiger partial charge in [-0.2, -0.15) is 0 Å². The maximum atomic E-state index is 8.78. The van der Waals surface area contributed by atoms with Gasteiger partial charge in [-0.3, -0.25) is 10.5 Å². The molecule has 8 nitrogen and oxygen atoms in total. The average molecular weight is 219 g/mol. The molecule has 0 aromatic rings. The fourth-order valence-electron chi connectivity index (χ4n) is 0. The Hall–Kier alpha value is -0.917. The van der Waals surface area contributed by atoms with Crippen molar-refractivity contribution < 1.29 is 59.6 Å². The predicted molar refractivity (Wildman–Crippen MR) is 18.2 cm³/mol. The maximum absolute atomic E-state index is 8.78. The van der Waals surface area contributed by atoms with E-state index in [1.165, 1.54) is 0 Å². The average Bonchev–Trinajstić information content (AvgIpc) is 1.89. The molecule has 2 N–H and O–H groups in total. The van der Waals surface area contributed by atoms with Gasteiger partial charge in [0.25, 0.3) is 12.3 Å². The summed E-state index contributed by atoms with van der Waals surface area (Å²) in [5, 5.41) is 31.5. The van der Waals surface area contributed by atoms with Crippen molar-refractivity contribution in [3.05, 3.63) is 0 Å². The zero-order chi connectivity index (χ0) is 8.57. The first-order chi connectivity index (χ1) is 4.54. The molecule has 0 rings (SSSR count). The Morgan fingerprint density at radius 1 is 1.00 bits per heavy atom. The molecule has 0 aromatic carbocycles. The SMILES string of the molecule is O=C([O-])OO.O=C([O-])OO.[Zn+2]. The van der Waals surface area contributed by atoms with Crippen LogP contribution < -0.4 is 10.2 Å². The summed E-state index contributed by atoms with van der Waals surface area (Å²) in [6.45, 7) is 0. The smallest absolute Gasteiger partial charge is 0.424 e. The van der Waals surface area contributed by atoms with E-state index in [2.05, 4.69) is 9.78 Å². The fraction of sp³-hybridized carbons (Fsp3) is 0. The van der Waals surface area contributed by atoms with Crippen molar-refractivity contribution in [1.29, 1.82) is 0 Å². The van der Waals surface area contributed by atoms with Crippen molar-refractivity contribution in [3.8, 4) is 0 Å². The largest absolute Gasteiger partial charge is 2.00 e. The Bertz CT molecular complexity index is 96.7. The summed E-state index contributed by atoms with van der Waals surface area (Å²) in [4.78, 5) is 22.7. The van der Waals surface area contributed by atoms with E-state index in [9.17, 15) is 0 Å². The molecule has 0 heterocycles. The van der Waals surface area contributed by atoms with E-state index < -0.39 is 12.3 Å². The Kier molecular flexibility index (Phi) is 17.8. The van der Waals surface area contributed by atoms with Crippen LogP contribution in [0.5, 0.6) is 0 Å². The minimum absolute atomic E-state index is 0. The van der Waals surface area contributed by atoms with E-state index in [0.717, 1.165) is 0 Å². The summed E-state index contributed by atoms with van der Waals surface area (Å²) >= 11 is 0. The van der Waals surface area contributed by atoms with Gasteiger partial charge >= 0.3 is 19.5 Å². The molecule has 0 bridgehead atoms. The zero-order valence-electron chi connectivity index (χ0n) is 5.05. The molecule has 0 saturated heterocycles. The molecule has 60 valence electrons. The van der Waals surface area contributed by atoms with Gasteiger partial charge in [-0.1, -0.05) is 0 Å². The molecule has 0 amide bonds. The molecule has 0 aliphatic rings. The van der Waals surface area contributed by atoms with E-state index >= 15 is 0 Å². The van der Waals surface area contributed by atoms with Crippen LogP contribution in [-0.2, 0) is 29.3 Å². The predicted octanol–water partition coefficient (Wildman–Crippen LogP) is -2.36. The van der Waals surface area contributed by atoms with Crippen LogP contribution in [0.25, 0.3) is 0 Å². The number of carboxylic acid groups (broad SMARTS) is 2. The van der Waals surface area contributed by atoms with Crippen LogP contribution in [0.15, 0.2) is 0 Å². The summed E-state index contributed by atoms with van der Waals surface area (Å²) in [5.41, 5.74) is 0. The summed E-state index contributed by atoms with van der Waals surface area (Å²) < 4.78 is 0. The molecule has 0 aliphatic carbocycles. The van der Waals surface area contributed by atoms with Gasteiger partial charge in [-0.15, -0.1) is 0 Å². The zero-order valence-corrected chi connectivity index (χ0v) is 8.02. The Morgan fingerprint density at radius 3 is 1.09 bits per heavy atom. The van der Waals surface area contributed by atoms with E-state index in [1.54, 1.807) is 0 Å². The van der Waals surface area contributed by atoms with Crippen LogP contribution in [0.2, 0.25) is 0 Å². The summed E-state index contributed by atoms with van der Waals surface area (Å²) in [5.74, 6) is 0. The van der Waals surface area contributed by atoms with Gasteiger partial charge in [0.05, 0.1) is 0 Å². The molecule has 0 unspecified atom stereocenters. The van der Waals surface area contributed by atoms with Crippen molar-refractivity contribution >= 4 is 12.3 Å².